The second kappa shape index (κ2) is 4.15. The molecular weight excluding hydrogens is 244 g/mol. The smallest absolute Gasteiger partial charge is 0.248 e. The average Bonchev–Trinajstić information content (AvgIpc) is 2.32. The summed E-state index contributed by atoms with van der Waals surface area (Å²) >= 11 is 0. The molecule has 0 amide bonds. The average molecular weight is 258 g/mol. The fraction of sp³-hybridized carbons (Fsp3) is 0.500. The Balaban J connectivity index is 2.71. The number of hydrogen-bond acceptors (Lipinski definition) is 5. The van der Waals surface area contributed by atoms with Crippen LogP contribution in [0.1, 0.15) is 5.69 Å². The molecule has 0 saturated heterocycles. The minimum atomic E-state index is -3.50. The molecule has 0 fully saturated rings. The van der Waals surface area contributed by atoms with Gasteiger partial charge in [0.25, 0.3) is 0 Å². The van der Waals surface area contributed by atoms with Crippen LogP contribution in [0.25, 0.3) is 0 Å². The molecule has 0 unspecified atom stereocenters. The maximum absolute atomic E-state index is 12.1. The van der Waals surface area contributed by atoms with Crippen molar-refractivity contribution in [3.63, 3.8) is 0 Å². The van der Waals surface area contributed by atoms with Crippen molar-refractivity contribution >= 4 is 10.0 Å². The van der Waals surface area contributed by atoms with Crippen LogP contribution in [0.5, 0.6) is 11.6 Å². The summed E-state index contributed by atoms with van der Waals surface area (Å²) in [5, 5.41) is 0. The van der Waals surface area contributed by atoms with Crippen molar-refractivity contribution in [1.82, 2.24) is 9.29 Å². The molecule has 0 bridgehead atoms. The SMILES string of the molecule is COc1cc(OC)c2c(n1)CCN(C)S2(=O)=O. The summed E-state index contributed by atoms with van der Waals surface area (Å²) in [6.07, 6.45) is 0.554. The van der Waals surface area contributed by atoms with Gasteiger partial charge in [0, 0.05) is 26.1 Å². The minimum absolute atomic E-state index is 0.148. The molecule has 0 atom stereocenters. The van der Waals surface area contributed by atoms with Crippen molar-refractivity contribution in [2.45, 2.75) is 11.3 Å². The second-order valence-corrected chi connectivity index (χ2v) is 5.70. The van der Waals surface area contributed by atoms with E-state index in [4.69, 9.17) is 9.47 Å². The molecule has 6 nitrogen and oxygen atoms in total. The molecule has 1 aliphatic heterocycles. The van der Waals surface area contributed by atoms with Crippen molar-refractivity contribution < 1.29 is 17.9 Å². The van der Waals surface area contributed by atoms with E-state index in [1.165, 1.54) is 24.6 Å². The van der Waals surface area contributed by atoms with Crippen molar-refractivity contribution in [2.75, 3.05) is 27.8 Å². The molecule has 17 heavy (non-hydrogen) atoms. The summed E-state index contributed by atoms with van der Waals surface area (Å²) in [5.74, 6) is 0.638. The topological polar surface area (TPSA) is 68.7 Å². The maximum Gasteiger partial charge on any atom is 0.248 e. The molecule has 0 saturated carbocycles. The number of rotatable bonds is 2. The third-order valence-corrected chi connectivity index (χ3v) is 4.70. The van der Waals surface area contributed by atoms with Gasteiger partial charge in [-0.1, -0.05) is 0 Å². The number of likely N-dealkylation sites (N-methyl/N-ethyl adjacent to an activating group) is 1. The number of ether oxygens (including phenoxy) is 2. The molecule has 94 valence electrons. The first-order chi connectivity index (χ1) is 8.00. The number of aromatic nitrogens is 1. The van der Waals surface area contributed by atoms with Gasteiger partial charge in [-0.2, -0.15) is 0 Å². The molecule has 0 spiro atoms. The van der Waals surface area contributed by atoms with E-state index >= 15 is 0 Å². The van der Waals surface area contributed by atoms with E-state index in [2.05, 4.69) is 4.98 Å². The van der Waals surface area contributed by atoms with Gasteiger partial charge < -0.3 is 9.47 Å². The number of pyridine rings is 1. The van der Waals surface area contributed by atoms with E-state index in [1.54, 1.807) is 7.05 Å². The normalized spacial score (nSPS) is 18.5. The molecule has 0 aromatic carbocycles. The summed E-state index contributed by atoms with van der Waals surface area (Å²) in [5.41, 5.74) is 0.499. The molecule has 7 heteroatoms. The Bertz CT molecular complexity index is 524. The van der Waals surface area contributed by atoms with Crippen molar-refractivity contribution in [3.8, 4) is 11.6 Å². The van der Waals surface area contributed by atoms with Crippen LogP contribution in [0.4, 0.5) is 0 Å². The molecule has 0 aliphatic carbocycles. The van der Waals surface area contributed by atoms with E-state index in [0.29, 0.717) is 24.5 Å². The van der Waals surface area contributed by atoms with Crippen LogP contribution in [0.3, 0.4) is 0 Å². The lowest BCUT2D eigenvalue weighted by atomic mass is 10.2. The second-order valence-electron chi connectivity index (χ2n) is 3.72. The Morgan fingerprint density at radius 3 is 2.65 bits per heavy atom. The molecule has 2 rings (SSSR count). The van der Waals surface area contributed by atoms with E-state index < -0.39 is 10.0 Å². The van der Waals surface area contributed by atoms with Crippen LogP contribution in [0.15, 0.2) is 11.0 Å². The quantitative estimate of drug-likeness (QED) is 0.762. The van der Waals surface area contributed by atoms with Crippen LogP contribution in [-0.2, 0) is 16.4 Å². The Morgan fingerprint density at radius 2 is 2.06 bits per heavy atom. The van der Waals surface area contributed by atoms with E-state index in [1.807, 2.05) is 0 Å². The first-order valence-electron chi connectivity index (χ1n) is 5.09. The first kappa shape index (κ1) is 12.1. The number of sulfonamides is 1. The molecular formula is C10H14N2O4S. The van der Waals surface area contributed by atoms with Gasteiger partial charge in [-0.15, -0.1) is 0 Å². The molecule has 1 aromatic heterocycles. The zero-order valence-electron chi connectivity index (χ0n) is 9.93. The Kier molecular flexibility index (Phi) is 2.96. The summed E-state index contributed by atoms with van der Waals surface area (Å²) in [6.45, 7) is 0.415. The zero-order chi connectivity index (χ0) is 12.6. The maximum atomic E-state index is 12.1. The number of fused-ring (bicyclic) bond motifs is 1. The number of hydrogen-bond donors (Lipinski definition) is 0. The fourth-order valence-electron chi connectivity index (χ4n) is 1.78. The predicted molar refractivity (Wildman–Crippen MR) is 60.9 cm³/mol. The Hall–Kier alpha value is -1.34. The monoisotopic (exact) mass is 258 g/mol. The van der Waals surface area contributed by atoms with Crippen LogP contribution >= 0.6 is 0 Å². The molecule has 0 radical (unpaired) electrons. The highest BCUT2D eigenvalue weighted by Gasteiger charge is 2.33. The van der Waals surface area contributed by atoms with Gasteiger partial charge in [-0.05, 0) is 0 Å². The van der Waals surface area contributed by atoms with Crippen LogP contribution in [0.2, 0.25) is 0 Å². The van der Waals surface area contributed by atoms with Gasteiger partial charge in [-0.25, -0.2) is 17.7 Å². The third-order valence-electron chi connectivity index (χ3n) is 2.75. The standard InChI is InChI=1S/C10H14N2O4S/c1-12-5-4-7-10(17(12,13)14)8(15-2)6-9(11-7)16-3/h6H,4-5H2,1-3H3. The van der Waals surface area contributed by atoms with Crippen LogP contribution in [-0.4, -0.2) is 45.5 Å². The highest BCUT2D eigenvalue weighted by atomic mass is 32.2. The summed E-state index contributed by atoms with van der Waals surface area (Å²) in [4.78, 5) is 4.31. The van der Waals surface area contributed by atoms with Crippen LogP contribution in [0, 0.1) is 0 Å². The molecule has 1 aromatic rings. The van der Waals surface area contributed by atoms with Gasteiger partial charge in [-0.3, -0.25) is 0 Å². The minimum Gasteiger partial charge on any atom is -0.495 e. The fourth-order valence-corrected chi connectivity index (χ4v) is 3.26. The van der Waals surface area contributed by atoms with E-state index in [-0.39, 0.29) is 10.6 Å². The van der Waals surface area contributed by atoms with Gasteiger partial charge in [0.15, 0.2) is 0 Å². The number of nitrogens with zero attached hydrogens (tertiary/aromatic N) is 2. The van der Waals surface area contributed by atoms with Gasteiger partial charge in [0.05, 0.1) is 19.9 Å². The first-order valence-corrected chi connectivity index (χ1v) is 6.53. The third kappa shape index (κ3) is 1.85. The van der Waals surface area contributed by atoms with Crippen molar-refractivity contribution in [1.29, 1.82) is 0 Å². The van der Waals surface area contributed by atoms with E-state index in [0.717, 1.165) is 0 Å². The Labute approximate surface area is 100 Å². The zero-order valence-corrected chi connectivity index (χ0v) is 10.7. The molecule has 0 N–H and O–H groups in total. The van der Waals surface area contributed by atoms with Crippen molar-refractivity contribution in [2.24, 2.45) is 0 Å². The van der Waals surface area contributed by atoms with Gasteiger partial charge in [0.1, 0.15) is 10.6 Å². The Morgan fingerprint density at radius 1 is 1.35 bits per heavy atom. The van der Waals surface area contributed by atoms with Gasteiger partial charge in [0.2, 0.25) is 15.9 Å². The summed E-state index contributed by atoms with van der Waals surface area (Å²) < 4.78 is 35.7. The lowest BCUT2D eigenvalue weighted by Crippen LogP contribution is -2.35. The largest absolute Gasteiger partial charge is 0.495 e. The van der Waals surface area contributed by atoms with Crippen molar-refractivity contribution in [3.05, 3.63) is 11.8 Å². The molecule has 1 aliphatic rings. The predicted octanol–water partition coefficient (Wildman–Crippen LogP) is 0.275. The molecule has 2 heterocycles. The lowest BCUT2D eigenvalue weighted by Gasteiger charge is -2.25. The summed E-state index contributed by atoms with van der Waals surface area (Å²) in [6, 6.07) is 1.48. The number of methoxy groups -OCH3 is 2. The summed E-state index contributed by atoms with van der Waals surface area (Å²) in [7, 11) is 0.959. The lowest BCUT2D eigenvalue weighted by molar-refractivity contribution is 0.364. The van der Waals surface area contributed by atoms with Gasteiger partial charge >= 0.3 is 0 Å². The highest BCUT2D eigenvalue weighted by Crippen LogP contribution is 2.34. The highest BCUT2D eigenvalue weighted by molar-refractivity contribution is 7.89. The van der Waals surface area contributed by atoms with Crippen LogP contribution < -0.4 is 9.47 Å². The van der Waals surface area contributed by atoms with E-state index in [9.17, 15) is 8.42 Å².